The number of nitriles is 1. The van der Waals surface area contributed by atoms with E-state index in [1.54, 1.807) is 12.3 Å². The van der Waals surface area contributed by atoms with E-state index < -0.39 is 12.2 Å². The molecule has 2 aromatic rings. The predicted octanol–water partition coefficient (Wildman–Crippen LogP) is 1.60. The third-order valence-corrected chi connectivity index (χ3v) is 5.62. The van der Waals surface area contributed by atoms with E-state index in [0.29, 0.717) is 30.7 Å². The van der Waals surface area contributed by atoms with Gasteiger partial charge in [-0.15, -0.1) is 0 Å². The third-order valence-electron chi connectivity index (χ3n) is 5.62. The summed E-state index contributed by atoms with van der Waals surface area (Å²) in [5.74, 6) is -0.127. The number of alkyl halides is 1. The number of fused-ring (bicyclic) bond motifs is 1. The fourth-order valence-corrected chi connectivity index (χ4v) is 4.11. The zero-order valence-electron chi connectivity index (χ0n) is 15.2. The van der Waals surface area contributed by atoms with Crippen molar-refractivity contribution in [3.8, 4) is 6.07 Å². The SMILES string of the molecule is CC1CN(c2ccc(C#N)c3ncccc23)CC1C(=O)N[C@H]1CNC[C@@H]1F. The lowest BCUT2D eigenvalue weighted by Crippen LogP contribution is -2.45. The van der Waals surface area contributed by atoms with Gasteiger partial charge in [-0.25, -0.2) is 4.39 Å². The van der Waals surface area contributed by atoms with E-state index in [0.717, 1.165) is 17.6 Å². The Bertz CT molecular complexity index is 911. The van der Waals surface area contributed by atoms with E-state index in [9.17, 15) is 14.4 Å². The number of aromatic nitrogens is 1. The topological polar surface area (TPSA) is 81.0 Å². The molecule has 4 atom stereocenters. The molecule has 1 aromatic heterocycles. The fourth-order valence-electron chi connectivity index (χ4n) is 4.11. The number of hydrogen-bond acceptors (Lipinski definition) is 5. The molecular weight excluding hydrogens is 345 g/mol. The van der Waals surface area contributed by atoms with Gasteiger partial charge in [-0.2, -0.15) is 5.26 Å². The summed E-state index contributed by atoms with van der Waals surface area (Å²) in [4.78, 5) is 19.2. The van der Waals surface area contributed by atoms with Crippen molar-refractivity contribution >= 4 is 22.5 Å². The highest BCUT2D eigenvalue weighted by molar-refractivity contribution is 5.95. The number of nitrogens with zero attached hydrogens (tertiary/aromatic N) is 3. The van der Waals surface area contributed by atoms with E-state index in [-0.39, 0.29) is 17.7 Å². The largest absolute Gasteiger partial charge is 0.370 e. The molecule has 1 amide bonds. The first-order valence-corrected chi connectivity index (χ1v) is 9.26. The maximum Gasteiger partial charge on any atom is 0.225 e. The Balaban J connectivity index is 1.56. The number of halogens is 1. The van der Waals surface area contributed by atoms with Crippen LogP contribution in [0.5, 0.6) is 0 Å². The Labute approximate surface area is 157 Å². The molecule has 2 aliphatic rings. The van der Waals surface area contributed by atoms with E-state index in [1.807, 2.05) is 25.1 Å². The summed E-state index contributed by atoms with van der Waals surface area (Å²) in [5, 5.41) is 16.1. The molecule has 0 radical (unpaired) electrons. The van der Waals surface area contributed by atoms with Crippen molar-refractivity contribution in [2.24, 2.45) is 11.8 Å². The van der Waals surface area contributed by atoms with Crippen molar-refractivity contribution in [2.45, 2.75) is 19.1 Å². The molecule has 1 aromatic carbocycles. The van der Waals surface area contributed by atoms with Gasteiger partial charge in [0.1, 0.15) is 12.2 Å². The molecule has 6 nitrogen and oxygen atoms in total. The zero-order valence-corrected chi connectivity index (χ0v) is 15.2. The quantitative estimate of drug-likeness (QED) is 0.861. The monoisotopic (exact) mass is 367 g/mol. The molecule has 2 fully saturated rings. The Kier molecular flexibility index (Phi) is 4.66. The van der Waals surface area contributed by atoms with Crippen LogP contribution in [0.4, 0.5) is 10.1 Å². The van der Waals surface area contributed by atoms with Crippen LogP contribution in [-0.4, -0.2) is 49.3 Å². The molecule has 2 aliphatic heterocycles. The fraction of sp³-hybridized carbons (Fsp3) is 0.450. The van der Waals surface area contributed by atoms with Gasteiger partial charge in [0.15, 0.2) is 0 Å². The van der Waals surface area contributed by atoms with Crippen molar-refractivity contribution in [3.05, 3.63) is 36.0 Å². The van der Waals surface area contributed by atoms with Crippen LogP contribution in [0.1, 0.15) is 12.5 Å². The molecular formula is C20H22FN5O. The van der Waals surface area contributed by atoms with Crippen molar-refractivity contribution in [1.82, 2.24) is 15.6 Å². The molecule has 4 rings (SSSR count). The third kappa shape index (κ3) is 3.21. The highest BCUT2D eigenvalue weighted by atomic mass is 19.1. The standard InChI is InChI=1S/C20H22FN5O/c1-12-10-26(11-15(12)20(27)25-17-9-23-8-16(17)21)18-5-4-13(7-22)19-14(18)3-2-6-24-19/h2-6,12,15-17,23H,8-11H2,1H3,(H,25,27)/t12?,15?,16-,17-/m0/s1. The highest BCUT2D eigenvalue weighted by Gasteiger charge is 2.38. The van der Waals surface area contributed by atoms with Gasteiger partial charge < -0.3 is 15.5 Å². The van der Waals surface area contributed by atoms with Crippen LogP contribution < -0.4 is 15.5 Å². The Morgan fingerprint density at radius 3 is 2.96 bits per heavy atom. The molecule has 2 N–H and O–H groups in total. The number of hydrogen-bond donors (Lipinski definition) is 2. The number of rotatable bonds is 3. The second-order valence-corrected chi connectivity index (χ2v) is 7.42. The minimum atomic E-state index is -1.03. The number of carbonyl (C=O) groups excluding carboxylic acids is 1. The van der Waals surface area contributed by atoms with Crippen LogP contribution in [0, 0.1) is 23.2 Å². The molecule has 7 heteroatoms. The second kappa shape index (κ2) is 7.12. The molecule has 140 valence electrons. The molecule has 27 heavy (non-hydrogen) atoms. The molecule has 2 saturated heterocycles. The zero-order chi connectivity index (χ0) is 19.0. The summed E-state index contributed by atoms with van der Waals surface area (Å²) in [5.41, 5.74) is 2.19. The van der Waals surface area contributed by atoms with Gasteiger partial charge >= 0.3 is 0 Å². The van der Waals surface area contributed by atoms with Crippen LogP contribution >= 0.6 is 0 Å². The first kappa shape index (κ1) is 17.7. The maximum atomic E-state index is 13.8. The van der Waals surface area contributed by atoms with E-state index in [1.165, 1.54) is 0 Å². The average Bonchev–Trinajstić information content (AvgIpc) is 3.26. The molecule has 0 saturated carbocycles. The molecule has 3 heterocycles. The molecule has 0 bridgehead atoms. The van der Waals surface area contributed by atoms with E-state index in [4.69, 9.17) is 0 Å². The summed E-state index contributed by atoms with van der Waals surface area (Å²) in [6, 6.07) is 9.24. The van der Waals surface area contributed by atoms with Gasteiger partial charge in [0.05, 0.1) is 23.0 Å². The maximum absolute atomic E-state index is 13.8. The summed E-state index contributed by atoms with van der Waals surface area (Å²) >= 11 is 0. The summed E-state index contributed by atoms with van der Waals surface area (Å²) in [6.07, 6.45) is 0.647. The molecule has 0 spiro atoms. The number of pyridine rings is 1. The van der Waals surface area contributed by atoms with Crippen molar-refractivity contribution in [1.29, 1.82) is 5.26 Å². The predicted molar refractivity (Wildman–Crippen MR) is 101 cm³/mol. The van der Waals surface area contributed by atoms with Gasteiger partial charge in [-0.3, -0.25) is 9.78 Å². The van der Waals surface area contributed by atoms with Crippen molar-refractivity contribution < 1.29 is 9.18 Å². The molecule has 0 aliphatic carbocycles. The lowest BCUT2D eigenvalue weighted by Gasteiger charge is -2.21. The Hall–Kier alpha value is -2.72. The number of anilines is 1. The summed E-state index contributed by atoms with van der Waals surface area (Å²) < 4.78 is 13.8. The van der Waals surface area contributed by atoms with Crippen LogP contribution in [0.2, 0.25) is 0 Å². The Morgan fingerprint density at radius 1 is 1.37 bits per heavy atom. The minimum Gasteiger partial charge on any atom is -0.370 e. The van der Waals surface area contributed by atoms with Crippen LogP contribution in [-0.2, 0) is 4.79 Å². The van der Waals surface area contributed by atoms with Gasteiger partial charge in [-0.05, 0) is 30.2 Å². The number of amides is 1. The van der Waals surface area contributed by atoms with Gasteiger partial charge in [0.25, 0.3) is 0 Å². The van der Waals surface area contributed by atoms with Crippen molar-refractivity contribution in [2.75, 3.05) is 31.1 Å². The number of carbonyl (C=O) groups is 1. The second-order valence-electron chi connectivity index (χ2n) is 7.42. The van der Waals surface area contributed by atoms with Crippen LogP contribution in [0.3, 0.4) is 0 Å². The summed E-state index contributed by atoms with van der Waals surface area (Å²) in [6.45, 7) is 4.12. The van der Waals surface area contributed by atoms with Gasteiger partial charge in [-0.1, -0.05) is 6.92 Å². The normalized spacial score (nSPS) is 27.7. The van der Waals surface area contributed by atoms with Crippen LogP contribution in [0.25, 0.3) is 10.9 Å². The highest BCUT2D eigenvalue weighted by Crippen LogP contribution is 2.34. The van der Waals surface area contributed by atoms with Gasteiger partial charge in [0.2, 0.25) is 5.91 Å². The number of benzene rings is 1. The van der Waals surface area contributed by atoms with E-state index >= 15 is 0 Å². The first-order chi connectivity index (χ1) is 13.1. The Morgan fingerprint density at radius 2 is 2.22 bits per heavy atom. The van der Waals surface area contributed by atoms with E-state index in [2.05, 4.69) is 26.6 Å². The van der Waals surface area contributed by atoms with Crippen molar-refractivity contribution in [3.63, 3.8) is 0 Å². The summed E-state index contributed by atoms with van der Waals surface area (Å²) in [7, 11) is 0. The minimum absolute atomic E-state index is 0.0857. The average molecular weight is 367 g/mol. The first-order valence-electron chi connectivity index (χ1n) is 9.26. The molecule has 2 unspecified atom stereocenters. The lowest BCUT2D eigenvalue weighted by molar-refractivity contribution is -0.126. The number of nitrogens with one attached hydrogen (secondary N) is 2. The smallest absolute Gasteiger partial charge is 0.225 e. The van der Waals surface area contributed by atoms with Crippen LogP contribution in [0.15, 0.2) is 30.5 Å². The lowest BCUT2D eigenvalue weighted by atomic mass is 9.97. The van der Waals surface area contributed by atoms with Gasteiger partial charge in [0, 0.05) is 43.4 Å².